The van der Waals surface area contributed by atoms with Gasteiger partial charge in [-0.25, -0.2) is 8.42 Å². The lowest BCUT2D eigenvalue weighted by atomic mass is 10.3. The molecule has 0 fully saturated rings. The van der Waals surface area contributed by atoms with Crippen LogP contribution in [0.4, 0.5) is 0 Å². The maximum atomic E-state index is 11.4. The zero-order valence-corrected chi connectivity index (χ0v) is 13.4. The molecule has 0 radical (unpaired) electrons. The van der Waals surface area contributed by atoms with Crippen LogP contribution < -0.4 is 26.3 Å². The van der Waals surface area contributed by atoms with Crippen LogP contribution in [-0.4, -0.2) is 20.6 Å². The number of amides is 1. The molecular formula is C11H13BrN2O3S2. The summed E-state index contributed by atoms with van der Waals surface area (Å²) in [7, 11) is -3.46. The van der Waals surface area contributed by atoms with Crippen LogP contribution in [0.15, 0.2) is 29.8 Å². The van der Waals surface area contributed by atoms with Gasteiger partial charge in [0.2, 0.25) is 27.0 Å². The van der Waals surface area contributed by atoms with Gasteiger partial charge in [-0.15, -0.1) is 0 Å². The molecule has 0 saturated carbocycles. The standard InChI is InChI=1S/C11H12N2O3S2.BrH/c1-18(15,16)12-11(14)6-7-13-8-17-10-5-3-2-4-9(10)13;/h2-5,8H,6-7H2,1H3;1H. The zero-order chi connectivity index (χ0) is 13.2. The van der Waals surface area contributed by atoms with Crippen molar-refractivity contribution < 1.29 is 34.8 Å². The number of sulfonamides is 1. The van der Waals surface area contributed by atoms with Gasteiger partial charge in [-0.3, -0.25) is 9.52 Å². The zero-order valence-electron chi connectivity index (χ0n) is 10.2. The molecular weight excluding hydrogens is 352 g/mol. The van der Waals surface area contributed by atoms with Gasteiger partial charge in [0.05, 0.1) is 12.7 Å². The normalized spacial score (nSPS) is 11.0. The Bertz CT molecular complexity index is 682. The van der Waals surface area contributed by atoms with Crippen molar-refractivity contribution in [3.05, 3.63) is 29.8 Å². The molecule has 0 unspecified atom stereocenters. The van der Waals surface area contributed by atoms with Crippen LogP contribution in [-0.2, 0) is 21.4 Å². The number of para-hydroxylation sites is 1. The Balaban J connectivity index is 0.00000180. The smallest absolute Gasteiger partial charge is 0.239 e. The summed E-state index contributed by atoms with van der Waals surface area (Å²) in [5.74, 6) is -0.486. The van der Waals surface area contributed by atoms with E-state index in [9.17, 15) is 13.2 Å². The van der Waals surface area contributed by atoms with E-state index in [1.165, 1.54) is 0 Å². The molecule has 2 aromatic rings. The van der Waals surface area contributed by atoms with Gasteiger partial charge in [-0.1, -0.05) is 23.5 Å². The summed E-state index contributed by atoms with van der Waals surface area (Å²) in [6.07, 6.45) is 1.11. The highest BCUT2D eigenvalue weighted by atomic mass is 79.9. The largest absolute Gasteiger partial charge is 1.00 e. The molecule has 8 heteroatoms. The van der Waals surface area contributed by atoms with Gasteiger partial charge in [0.25, 0.3) is 0 Å². The van der Waals surface area contributed by atoms with Crippen LogP contribution in [0.5, 0.6) is 0 Å². The number of aryl methyl sites for hydroxylation is 1. The Labute approximate surface area is 126 Å². The number of carbonyl (C=O) groups excluding carboxylic acids is 1. The fourth-order valence-electron chi connectivity index (χ4n) is 1.62. The van der Waals surface area contributed by atoms with Crippen LogP contribution in [0.2, 0.25) is 0 Å². The Morgan fingerprint density at radius 3 is 2.74 bits per heavy atom. The Morgan fingerprint density at radius 2 is 2.05 bits per heavy atom. The number of halogens is 1. The number of fused-ring (bicyclic) bond motifs is 1. The molecule has 0 spiro atoms. The molecule has 0 saturated heterocycles. The summed E-state index contributed by atoms with van der Waals surface area (Å²) in [5.41, 5.74) is 2.98. The molecule has 19 heavy (non-hydrogen) atoms. The molecule has 1 amide bonds. The summed E-state index contributed by atoms with van der Waals surface area (Å²) >= 11 is 1.59. The first kappa shape index (κ1) is 16.1. The molecule has 0 atom stereocenters. The first-order valence-electron chi connectivity index (χ1n) is 5.32. The summed E-state index contributed by atoms with van der Waals surface area (Å²) in [4.78, 5) is 11.4. The van der Waals surface area contributed by atoms with Crippen molar-refractivity contribution in [1.29, 1.82) is 0 Å². The molecule has 2 rings (SSSR count). The van der Waals surface area contributed by atoms with Gasteiger partial charge in [-0.05, 0) is 6.07 Å². The van der Waals surface area contributed by atoms with Crippen LogP contribution in [0, 0.1) is 0 Å². The fourth-order valence-corrected chi connectivity index (χ4v) is 3.06. The molecule has 104 valence electrons. The maximum absolute atomic E-state index is 11.4. The minimum absolute atomic E-state index is 0. The highest BCUT2D eigenvalue weighted by Crippen LogP contribution is 2.14. The molecule has 1 aromatic heterocycles. The molecule has 1 aromatic carbocycles. The number of hydrogen-bond acceptors (Lipinski definition) is 4. The lowest BCUT2D eigenvalue weighted by molar-refractivity contribution is -0.665. The lowest BCUT2D eigenvalue weighted by Crippen LogP contribution is -3.00. The Hall–Kier alpha value is -0.990. The van der Waals surface area contributed by atoms with Crippen LogP contribution in [0.25, 0.3) is 10.2 Å². The number of nitrogens with one attached hydrogen (secondary N) is 1. The van der Waals surface area contributed by atoms with Crippen molar-refractivity contribution in [2.75, 3.05) is 6.26 Å². The number of thiazole rings is 1. The summed E-state index contributed by atoms with van der Waals surface area (Å²) < 4.78 is 26.8. The van der Waals surface area contributed by atoms with Gasteiger partial charge in [0.15, 0.2) is 6.54 Å². The number of carbonyl (C=O) groups is 1. The quantitative estimate of drug-likeness (QED) is 0.618. The van der Waals surface area contributed by atoms with Crippen molar-refractivity contribution in [3.8, 4) is 0 Å². The highest BCUT2D eigenvalue weighted by molar-refractivity contribution is 7.89. The Morgan fingerprint density at radius 1 is 1.37 bits per heavy atom. The highest BCUT2D eigenvalue weighted by Gasteiger charge is 2.14. The van der Waals surface area contributed by atoms with E-state index < -0.39 is 15.9 Å². The second-order valence-corrected chi connectivity index (χ2v) is 6.57. The molecule has 1 N–H and O–H groups in total. The monoisotopic (exact) mass is 364 g/mol. The van der Waals surface area contributed by atoms with Crippen molar-refractivity contribution >= 4 is 37.5 Å². The summed E-state index contributed by atoms with van der Waals surface area (Å²) in [6, 6.07) is 7.87. The molecule has 5 nitrogen and oxygen atoms in total. The fraction of sp³-hybridized carbons (Fsp3) is 0.273. The van der Waals surface area contributed by atoms with Gasteiger partial charge in [0.1, 0.15) is 4.70 Å². The maximum Gasteiger partial charge on any atom is 0.239 e. The van der Waals surface area contributed by atoms with E-state index in [1.807, 2.05) is 39.1 Å². The number of aromatic nitrogens is 1. The van der Waals surface area contributed by atoms with Crippen LogP contribution in [0.1, 0.15) is 6.42 Å². The van der Waals surface area contributed by atoms with E-state index in [1.54, 1.807) is 11.3 Å². The van der Waals surface area contributed by atoms with E-state index in [4.69, 9.17) is 0 Å². The average molecular weight is 365 g/mol. The predicted octanol–water partition coefficient (Wildman–Crippen LogP) is -2.34. The average Bonchev–Trinajstić information content (AvgIpc) is 2.67. The van der Waals surface area contributed by atoms with E-state index in [0.717, 1.165) is 16.5 Å². The molecule has 0 bridgehead atoms. The third kappa shape index (κ3) is 4.55. The van der Waals surface area contributed by atoms with Crippen molar-refractivity contribution in [2.24, 2.45) is 0 Å². The third-order valence-corrected chi connectivity index (χ3v) is 3.92. The molecule has 0 aliphatic heterocycles. The van der Waals surface area contributed by atoms with Crippen LogP contribution in [0.3, 0.4) is 0 Å². The lowest BCUT2D eigenvalue weighted by Gasteiger charge is -1.99. The molecule has 0 aliphatic carbocycles. The topological polar surface area (TPSA) is 67.1 Å². The minimum atomic E-state index is -3.46. The van der Waals surface area contributed by atoms with Gasteiger partial charge in [0, 0.05) is 6.07 Å². The minimum Gasteiger partial charge on any atom is -1.00 e. The molecule has 0 aliphatic rings. The first-order valence-corrected chi connectivity index (χ1v) is 8.09. The second-order valence-electron chi connectivity index (χ2n) is 3.93. The van der Waals surface area contributed by atoms with Crippen molar-refractivity contribution in [1.82, 2.24) is 4.72 Å². The van der Waals surface area contributed by atoms with E-state index in [2.05, 4.69) is 0 Å². The predicted molar refractivity (Wildman–Crippen MR) is 69.6 cm³/mol. The SMILES string of the molecule is CS(=O)(=O)NC(=O)CC[n+]1csc2ccccc21.[Br-]. The van der Waals surface area contributed by atoms with E-state index in [0.29, 0.717) is 6.54 Å². The Kier molecular flexibility index (Phi) is 5.45. The number of rotatable bonds is 4. The number of benzene rings is 1. The van der Waals surface area contributed by atoms with Gasteiger partial charge < -0.3 is 17.0 Å². The van der Waals surface area contributed by atoms with Gasteiger partial charge in [-0.2, -0.15) is 4.57 Å². The number of hydrogen-bond donors (Lipinski definition) is 1. The van der Waals surface area contributed by atoms with E-state index in [-0.39, 0.29) is 23.4 Å². The summed E-state index contributed by atoms with van der Waals surface area (Å²) in [5, 5.41) is 0. The second kappa shape index (κ2) is 6.44. The van der Waals surface area contributed by atoms with Crippen molar-refractivity contribution in [2.45, 2.75) is 13.0 Å². The summed E-state index contributed by atoms with van der Waals surface area (Å²) in [6.45, 7) is 0.464. The van der Waals surface area contributed by atoms with Crippen LogP contribution >= 0.6 is 11.3 Å². The van der Waals surface area contributed by atoms with E-state index >= 15 is 0 Å². The van der Waals surface area contributed by atoms with Gasteiger partial charge >= 0.3 is 0 Å². The molecule has 1 heterocycles. The number of nitrogens with zero attached hydrogens (tertiary/aromatic N) is 1. The first-order chi connectivity index (χ1) is 8.46. The van der Waals surface area contributed by atoms with Crippen molar-refractivity contribution in [3.63, 3.8) is 0 Å². The third-order valence-electron chi connectivity index (χ3n) is 2.36.